The first kappa shape index (κ1) is 17.1. The normalized spacial score (nSPS) is 15.7. The third-order valence-corrected chi connectivity index (χ3v) is 4.60. The first-order valence-electron chi connectivity index (χ1n) is 8.38. The SMILES string of the molecule is CN1CCC(C(=O)c2cccc(N(C(N)=O)c3cccnc3)c2)CC1. The number of rotatable bonds is 4. The van der Waals surface area contributed by atoms with Crippen LogP contribution in [-0.2, 0) is 0 Å². The van der Waals surface area contributed by atoms with Gasteiger partial charge in [-0.25, -0.2) is 4.79 Å². The van der Waals surface area contributed by atoms with Crippen molar-refractivity contribution in [2.45, 2.75) is 12.8 Å². The summed E-state index contributed by atoms with van der Waals surface area (Å²) in [6, 6.07) is 9.96. The van der Waals surface area contributed by atoms with Crippen LogP contribution in [0.2, 0.25) is 0 Å². The zero-order valence-electron chi connectivity index (χ0n) is 14.3. The van der Waals surface area contributed by atoms with Gasteiger partial charge in [0.05, 0.1) is 17.6 Å². The maximum absolute atomic E-state index is 12.8. The molecule has 0 spiro atoms. The Bertz CT molecular complexity index is 755. The molecule has 0 radical (unpaired) electrons. The largest absolute Gasteiger partial charge is 0.351 e. The molecule has 1 aliphatic heterocycles. The molecule has 0 bridgehead atoms. The third kappa shape index (κ3) is 3.85. The second-order valence-corrected chi connectivity index (χ2v) is 6.38. The van der Waals surface area contributed by atoms with E-state index in [-0.39, 0.29) is 11.7 Å². The van der Waals surface area contributed by atoms with Crippen molar-refractivity contribution in [2.24, 2.45) is 11.7 Å². The molecule has 3 rings (SSSR count). The molecule has 2 N–H and O–H groups in total. The van der Waals surface area contributed by atoms with Crippen LogP contribution in [0.5, 0.6) is 0 Å². The molecule has 1 saturated heterocycles. The van der Waals surface area contributed by atoms with E-state index in [1.54, 1.807) is 48.8 Å². The number of ketones is 1. The van der Waals surface area contributed by atoms with Gasteiger partial charge in [0.15, 0.2) is 5.78 Å². The molecule has 2 heterocycles. The van der Waals surface area contributed by atoms with Crippen molar-refractivity contribution in [1.82, 2.24) is 9.88 Å². The number of amides is 2. The van der Waals surface area contributed by atoms with Crippen LogP contribution in [0.25, 0.3) is 0 Å². The van der Waals surface area contributed by atoms with Crippen LogP contribution in [0.1, 0.15) is 23.2 Å². The van der Waals surface area contributed by atoms with E-state index in [1.807, 2.05) is 0 Å². The van der Waals surface area contributed by atoms with Crippen LogP contribution in [0, 0.1) is 5.92 Å². The number of urea groups is 1. The molecule has 6 nitrogen and oxygen atoms in total. The van der Waals surface area contributed by atoms with Gasteiger partial charge in [-0.3, -0.25) is 14.7 Å². The first-order chi connectivity index (χ1) is 12.1. The Hall–Kier alpha value is -2.73. The Labute approximate surface area is 147 Å². The number of aromatic nitrogens is 1. The molecule has 0 saturated carbocycles. The van der Waals surface area contributed by atoms with Crippen molar-refractivity contribution < 1.29 is 9.59 Å². The summed E-state index contributed by atoms with van der Waals surface area (Å²) >= 11 is 0. The van der Waals surface area contributed by atoms with E-state index in [9.17, 15) is 9.59 Å². The highest BCUT2D eigenvalue weighted by Gasteiger charge is 2.25. The summed E-state index contributed by atoms with van der Waals surface area (Å²) in [4.78, 5) is 32.4. The lowest BCUT2D eigenvalue weighted by molar-refractivity contribution is 0.0857. The lowest BCUT2D eigenvalue weighted by Gasteiger charge is -2.28. The Morgan fingerprint density at radius 1 is 1.16 bits per heavy atom. The van der Waals surface area contributed by atoms with Crippen LogP contribution < -0.4 is 10.6 Å². The van der Waals surface area contributed by atoms with Gasteiger partial charge in [0, 0.05) is 17.7 Å². The predicted octanol–water partition coefficient (Wildman–Crippen LogP) is 2.82. The molecule has 25 heavy (non-hydrogen) atoms. The monoisotopic (exact) mass is 338 g/mol. The molecule has 1 aromatic heterocycles. The minimum absolute atomic E-state index is 0.0341. The van der Waals surface area contributed by atoms with E-state index < -0.39 is 6.03 Å². The number of benzene rings is 1. The summed E-state index contributed by atoms with van der Waals surface area (Å²) in [7, 11) is 2.07. The van der Waals surface area contributed by atoms with Gasteiger partial charge in [-0.2, -0.15) is 0 Å². The topological polar surface area (TPSA) is 79.5 Å². The lowest BCUT2D eigenvalue weighted by atomic mass is 9.89. The summed E-state index contributed by atoms with van der Waals surface area (Å²) in [5, 5.41) is 0. The summed E-state index contributed by atoms with van der Waals surface area (Å²) in [5.74, 6) is 0.164. The number of primary amides is 1. The van der Waals surface area contributed by atoms with Gasteiger partial charge >= 0.3 is 6.03 Å². The summed E-state index contributed by atoms with van der Waals surface area (Å²) in [5.41, 5.74) is 7.30. The van der Waals surface area contributed by atoms with Gasteiger partial charge < -0.3 is 10.6 Å². The van der Waals surface area contributed by atoms with Gasteiger partial charge in [-0.05, 0) is 57.2 Å². The molecule has 2 aromatic rings. The van der Waals surface area contributed by atoms with Gasteiger partial charge in [-0.1, -0.05) is 12.1 Å². The lowest BCUT2D eigenvalue weighted by Crippen LogP contribution is -2.34. The molecule has 1 fully saturated rings. The maximum Gasteiger partial charge on any atom is 0.323 e. The Morgan fingerprint density at radius 2 is 1.88 bits per heavy atom. The van der Waals surface area contributed by atoms with E-state index in [2.05, 4.69) is 16.9 Å². The summed E-state index contributed by atoms with van der Waals surface area (Å²) in [6.45, 7) is 1.86. The molecule has 130 valence electrons. The number of piperidine rings is 1. The molecular weight excluding hydrogens is 316 g/mol. The van der Waals surface area contributed by atoms with Crippen molar-refractivity contribution >= 4 is 23.2 Å². The van der Waals surface area contributed by atoms with Gasteiger partial charge in [-0.15, -0.1) is 0 Å². The third-order valence-electron chi connectivity index (χ3n) is 4.60. The smallest absolute Gasteiger partial charge is 0.323 e. The molecule has 0 aliphatic carbocycles. The number of Topliss-reactive ketones (excluding diaryl/α,β-unsaturated/α-hetero) is 1. The minimum atomic E-state index is -0.614. The minimum Gasteiger partial charge on any atom is -0.351 e. The standard InChI is InChI=1S/C19H22N4O2/c1-22-10-7-14(8-11-22)18(24)15-4-2-5-16(12-15)23(19(20)25)17-6-3-9-21-13-17/h2-6,9,12-14H,7-8,10-11H2,1H3,(H2,20,25). The second kappa shape index (κ2) is 7.44. The number of likely N-dealkylation sites (tertiary alicyclic amines) is 1. The average molecular weight is 338 g/mol. The molecule has 2 amide bonds. The van der Waals surface area contributed by atoms with Gasteiger partial charge in [0.2, 0.25) is 0 Å². The van der Waals surface area contributed by atoms with Crippen molar-refractivity contribution in [3.63, 3.8) is 0 Å². The van der Waals surface area contributed by atoms with Crippen LogP contribution in [-0.4, -0.2) is 41.8 Å². The molecule has 0 unspecified atom stereocenters. The molecular formula is C19H22N4O2. The van der Waals surface area contributed by atoms with E-state index in [0.717, 1.165) is 25.9 Å². The highest BCUT2D eigenvalue weighted by Crippen LogP contribution is 2.27. The second-order valence-electron chi connectivity index (χ2n) is 6.38. The fraction of sp³-hybridized carbons (Fsp3) is 0.316. The Balaban J connectivity index is 1.87. The zero-order valence-corrected chi connectivity index (χ0v) is 14.3. The summed E-state index contributed by atoms with van der Waals surface area (Å²) < 4.78 is 0. The first-order valence-corrected chi connectivity index (χ1v) is 8.38. The number of hydrogen-bond acceptors (Lipinski definition) is 4. The van der Waals surface area contributed by atoms with E-state index in [0.29, 0.717) is 16.9 Å². The zero-order chi connectivity index (χ0) is 17.8. The van der Waals surface area contributed by atoms with E-state index >= 15 is 0 Å². The molecule has 0 atom stereocenters. The number of nitrogens with two attached hydrogens (primary N) is 1. The number of anilines is 2. The quantitative estimate of drug-likeness (QED) is 0.869. The number of carbonyl (C=O) groups is 2. The number of hydrogen-bond donors (Lipinski definition) is 1. The van der Waals surface area contributed by atoms with Crippen molar-refractivity contribution in [3.8, 4) is 0 Å². The van der Waals surface area contributed by atoms with Crippen LogP contribution >= 0.6 is 0 Å². The fourth-order valence-corrected chi connectivity index (χ4v) is 3.19. The van der Waals surface area contributed by atoms with Crippen LogP contribution in [0.3, 0.4) is 0 Å². The number of pyridine rings is 1. The predicted molar refractivity (Wildman–Crippen MR) is 97.0 cm³/mol. The highest BCUT2D eigenvalue weighted by molar-refractivity contribution is 6.02. The molecule has 1 aromatic carbocycles. The van der Waals surface area contributed by atoms with E-state index in [1.165, 1.54) is 4.90 Å². The fourth-order valence-electron chi connectivity index (χ4n) is 3.19. The van der Waals surface area contributed by atoms with Crippen molar-refractivity contribution in [3.05, 3.63) is 54.4 Å². The van der Waals surface area contributed by atoms with Crippen LogP contribution in [0.4, 0.5) is 16.2 Å². The Morgan fingerprint density at radius 3 is 2.52 bits per heavy atom. The number of carbonyl (C=O) groups excluding carboxylic acids is 2. The number of nitrogens with zero attached hydrogens (tertiary/aromatic N) is 3. The van der Waals surface area contributed by atoms with Crippen molar-refractivity contribution in [2.75, 3.05) is 25.0 Å². The average Bonchev–Trinajstić information content (AvgIpc) is 2.63. The van der Waals surface area contributed by atoms with Gasteiger partial charge in [0.25, 0.3) is 0 Å². The van der Waals surface area contributed by atoms with Gasteiger partial charge in [0.1, 0.15) is 0 Å². The Kier molecular flexibility index (Phi) is 5.09. The summed E-state index contributed by atoms with van der Waals surface area (Å²) in [6.07, 6.45) is 4.92. The molecule has 6 heteroatoms. The molecule has 1 aliphatic rings. The van der Waals surface area contributed by atoms with Crippen LogP contribution in [0.15, 0.2) is 48.8 Å². The maximum atomic E-state index is 12.8. The van der Waals surface area contributed by atoms with E-state index in [4.69, 9.17) is 5.73 Å². The highest BCUT2D eigenvalue weighted by atomic mass is 16.2. The van der Waals surface area contributed by atoms with Crippen molar-refractivity contribution in [1.29, 1.82) is 0 Å².